The highest BCUT2D eigenvalue weighted by atomic mass is 35.5. The molecule has 0 saturated carbocycles. The van der Waals surface area contributed by atoms with Gasteiger partial charge in [-0.3, -0.25) is 5.01 Å². The Bertz CT molecular complexity index is 824. The summed E-state index contributed by atoms with van der Waals surface area (Å²) in [5, 5.41) is 5.80. The van der Waals surface area contributed by atoms with E-state index in [1.165, 1.54) is 10.6 Å². The summed E-state index contributed by atoms with van der Waals surface area (Å²) in [4.78, 5) is 6.40. The molecule has 1 aromatic heterocycles. The van der Waals surface area contributed by atoms with Crippen molar-refractivity contribution in [3.05, 3.63) is 58.8 Å². The Labute approximate surface area is 165 Å². The highest BCUT2D eigenvalue weighted by Crippen LogP contribution is 2.23. The van der Waals surface area contributed by atoms with Gasteiger partial charge in [-0.1, -0.05) is 35.9 Å². The first-order valence-corrected chi connectivity index (χ1v) is 8.82. The molecule has 8 heteroatoms. The number of hydrogen-bond donors (Lipinski definition) is 3. The second-order valence-electron chi connectivity index (χ2n) is 6.49. The highest BCUT2D eigenvalue weighted by Gasteiger charge is 2.15. The van der Waals surface area contributed by atoms with Crippen LogP contribution >= 0.6 is 11.6 Å². The van der Waals surface area contributed by atoms with Crippen LogP contribution in [0.4, 0.5) is 5.82 Å². The number of pyridine rings is 1. The molecule has 0 aliphatic heterocycles. The van der Waals surface area contributed by atoms with E-state index in [0.717, 1.165) is 17.7 Å². The van der Waals surface area contributed by atoms with Gasteiger partial charge in [0.1, 0.15) is 5.82 Å². The fourth-order valence-corrected chi connectivity index (χ4v) is 2.66. The number of aromatic nitrogens is 1. The molecule has 0 unspecified atom stereocenters. The van der Waals surface area contributed by atoms with Crippen LogP contribution in [0.1, 0.15) is 18.1 Å². The minimum Gasteiger partial charge on any atom is -0.383 e. The molecular weight excluding hydrogens is 362 g/mol. The van der Waals surface area contributed by atoms with Gasteiger partial charge in [-0.2, -0.15) is 5.10 Å². The van der Waals surface area contributed by atoms with Crippen molar-refractivity contribution in [1.29, 1.82) is 0 Å². The van der Waals surface area contributed by atoms with Crippen molar-refractivity contribution in [2.75, 3.05) is 26.4 Å². The zero-order valence-corrected chi connectivity index (χ0v) is 16.6. The van der Waals surface area contributed by atoms with Crippen LogP contribution < -0.4 is 17.4 Å². The number of benzene rings is 1. The summed E-state index contributed by atoms with van der Waals surface area (Å²) in [6.45, 7) is 2.99. The maximum atomic E-state index is 6.06. The average Bonchev–Trinajstić information content (AvgIpc) is 2.62. The summed E-state index contributed by atoms with van der Waals surface area (Å²) < 4.78 is 0. The molecule has 0 radical (unpaired) electrons. The predicted molar refractivity (Wildman–Crippen MR) is 113 cm³/mol. The van der Waals surface area contributed by atoms with E-state index in [1.54, 1.807) is 19.2 Å². The normalized spacial score (nSPS) is 12.5. The second-order valence-corrected chi connectivity index (χ2v) is 7.08. The molecule has 144 valence electrons. The molecule has 0 aliphatic carbocycles. The number of hydrazone groups is 1. The van der Waals surface area contributed by atoms with E-state index in [0.29, 0.717) is 28.8 Å². The summed E-state index contributed by atoms with van der Waals surface area (Å²) in [7, 11) is 4.08. The van der Waals surface area contributed by atoms with Gasteiger partial charge in [0.25, 0.3) is 0 Å². The molecule has 7 nitrogen and oxygen atoms in total. The number of anilines is 1. The molecular formula is C19H26ClN7. The lowest BCUT2D eigenvalue weighted by molar-refractivity contribution is 0.402. The number of nitrogen functional groups attached to an aromatic ring is 1. The zero-order valence-electron chi connectivity index (χ0n) is 15.9. The van der Waals surface area contributed by atoms with Crippen molar-refractivity contribution in [3.63, 3.8) is 0 Å². The number of hydrogen-bond acceptors (Lipinski definition) is 6. The Hall–Kier alpha value is -2.61. The number of hydrazine groups is 1. The Balaban J connectivity index is 2.33. The average molecular weight is 388 g/mol. The number of nitrogens with zero attached hydrogens (tertiary/aromatic N) is 4. The van der Waals surface area contributed by atoms with Crippen molar-refractivity contribution < 1.29 is 0 Å². The zero-order chi connectivity index (χ0) is 20.0. The van der Waals surface area contributed by atoms with Crippen molar-refractivity contribution in [2.45, 2.75) is 13.5 Å². The third-order valence-electron chi connectivity index (χ3n) is 3.91. The lowest BCUT2D eigenvalue weighted by Crippen LogP contribution is -2.39. The van der Waals surface area contributed by atoms with E-state index in [-0.39, 0.29) is 0 Å². The lowest BCUT2D eigenvalue weighted by Gasteiger charge is -2.20. The van der Waals surface area contributed by atoms with Gasteiger partial charge >= 0.3 is 0 Å². The van der Waals surface area contributed by atoms with Gasteiger partial charge in [-0.15, -0.1) is 0 Å². The summed E-state index contributed by atoms with van der Waals surface area (Å²) >= 11 is 5.86. The van der Waals surface area contributed by atoms with Gasteiger partial charge < -0.3 is 16.5 Å². The quantitative estimate of drug-likeness (QED) is 0.303. The SMILES string of the molecule is C/C(Cl)=C\CN(N)/C(=N\N)c1cc(-c2ccc(CN(C)C)cc2)cnc1N. The van der Waals surface area contributed by atoms with Crippen molar-refractivity contribution in [2.24, 2.45) is 16.8 Å². The summed E-state index contributed by atoms with van der Waals surface area (Å²) in [5.74, 6) is 12.3. The Morgan fingerprint density at radius 1 is 1.22 bits per heavy atom. The van der Waals surface area contributed by atoms with Gasteiger partial charge in [0.15, 0.2) is 5.84 Å². The largest absolute Gasteiger partial charge is 0.383 e. The predicted octanol–water partition coefficient (Wildman–Crippen LogP) is 2.33. The minimum atomic E-state index is 0.300. The van der Waals surface area contributed by atoms with Crippen LogP contribution in [0, 0.1) is 0 Å². The topological polar surface area (TPSA) is 110 Å². The van der Waals surface area contributed by atoms with E-state index in [1.807, 2.05) is 20.2 Å². The summed E-state index contributed by atoms with van der Waals surface area (Å²) in [6, 6.07) is 10.2. The van der Waals surface area contributed by atoms with Crippen LogP contribution in [0.2, 0.25) is 0 Å². The van der Waals surface area contributed by atoms with E-state index in [4.69, 9.17) is 29.0 Å². The van der Waals surface area contributed by atoms with E-state index in [9.17, 15) is 0 Å². The third kappa shape index (κ3) is 5.68. The Morgan fingerprint density at radius 3 is 2.44 bits per heavy atom. The van der Waals surface area contributed by atoms with Gasteiger partial charge in [-0.25, -0.2) is 10.8 Å². The van der Waals surface area contributed by atoms with Gasteiger partial charge in [-0.05, 0) is 44.3 Å². The van der Waals surface area contributed by atoms with E-state index >= 15 is 0 Å². The number of allylic oxidation sites excluding steroid dienone is 1. The van der Waals surface area contributed by atoms with Crippen molar-refractivity contribution in [1.82, 2.24) is 14.9 Å². The molecule has 6 N–H and O–H groups in total. The second kappa shape index (κ2) is 9.36. The number of nitrogens with two attached hydrogens (primary N) is 3. The highest BCUT2D eigenvalue weighted by molar-refractivity contribution is 6.29. The maximum absolute atomic E-state index is 6.06. The minimum absolute atomic E-state index is 0.300. The van der Waals surface area contributed by atoms with E-state index in [2.05, 4.69) is 39.3 Å². The van der Waals surface area contributed by atoms with Crippen molar-refractivity contribution >= 4 is 23.3 Å². The van der Waals surface area contributed by atoms with Gasteiger partial charge in [0.05, 0.1) is 12.1 Å². The number of halogens is 1. The van der Waals surface area contributed by atoms with Crippen molar-refractivity contribution in [3.8, 4) is 11.1 Å². The molecule has 2 aromatic rings. The molecule has 1 heterocycles. The fourth-order valence-electron chi connectivity index (χ4n) is 2.59. The maximum Gasteiger partial charge on any atom is 0.173 e. The molecule has 0 atom stereocenters. The lowest BCUT2D eigenvalue weighted by atomic mass is 10.0. The van der Waals surface area contributed by atoms with Crippen LogP contribution in [0.15, 0.2) is 52.7 Å². The third-order valence-corrected chi connectivity index (χ3v) is 4.06. The molecule has 0 aliphatic rings. The molecule has 27 heavy (non-hydrogen) atoms. The summed E-state index contributed by atoms with van der Waals surface area (Å²) in [6.07, 6.45) is 3.47. The van der Waals surface area contributed by atoms with Gasteiger partial charge in [0, 0.05) is 23.3 Å². The van der Waals surface area contributed by atoms with Crippen LogP contribution in [0.5, 0.6) is 0 Å². The molecule has 0 bridgehead atoms. The smallest absolute Gasteiger partial charge is 0.173 e. The monoisotopic (exact) mass is 387 g/mol. The van der Waals surface area contributed by atoms with Gasteiger partial charge in [0.2, 0.25) is 0 Å². The summed E-state index contributed by atoms with van der Waals surface area (Å²) in [5.41, 5.74) is 9.75. The van der Waals surface area contributed by atoms with Crippen LogP contribution in [-0.4, -0.2) is 41.4 Å². The molecule has 1 aromatic carbocycles. The van der Waals surface area contributed by atoms with Crippen LogP contribution in [0.3, 0.4) is 0 Å². The Kier molecular flexibility index (Phi) is 7.18. The number of rotatable bonds is 6. The van der Waals surface area contributed by atoms with E-state index < -0.39 is 0 Å². The number of amidine groups is 1. The first-order valence-electron chi connectivity index (χ1n) is 8.44. The Morgan fingerprint density at radius 2 is 1.89 bits per heavy atom. The first kappa shape index (κ1) is 20.7. The first-order chi connectivity index (χ1) is 12.8. The molecule has 0 fully saturated rings. The molecule has 2 rings (SSSR count). The molecule has 0 amide bonds. The molecule has 0 spiro atoms. The van der Waals surface area contributed by atoms with Crippen LogP contribution in [-0.2, 0) is 6.54 Å². The molecule has 0 saturated heterocycles. The van der Waals surface area contributed by atoms with Crippen LogP contribution in [0.25, 0.3) is 11.1 Å². The fraction of sp³-hybridized carbons (Fsp3) is 0.263. The standard InChI is InChI=1S/C19H26ClN7/c1-13(20)8-9-27(23)19(25-22)17-10-16(11-24-18(17)21)15-6-4-14(5-7-15)12-26(2)3/h4-8,10-11H,9,12,22-23H2,1-3H3,(H2,21,24)/b13-8+,25-19-.